The summed E-state index contributed by atoms with van der Waals surface area (Å²) in [5, 5.41) is 0. The van der Waals surface area contributed by atoms with E-state index in [9.17, 15) is 14.4 Å². The number of esters is 1. The lowest BCUT2D eigenvalue weighted by Crippen LogP contribution is -2.40. The Balaban J connectivity index is 2.19. The maximum Gasteiger partial charge on any atom is 0.333 e. The van der Waals surface area contributed by atoms with E-state index in [0.29, 0.717) is 6.54 Å². The highest BCUT2D eigenvalue weighted by molar-refractivity contribution is 5.74. The SMILES string of the molecule is COC(=O)Cn1c(=O)n(C)c(=O)c2c1ncn2Cc1ccccc1. The van der Waals surface area contributed by atoms with Gasteiger partial charge in [0.25, 0.3) is 5.56 Å². The van der Waals surface area contributed by atoms with Crippen molar-refractivity contribution in [2.24, 2.45) is 7.05 Å². The fourth-order valence-corrected chi connectivity index (χ4v) is 2.54. The molecule has 2 aromatic heterocycles. The van der Waals surface area contributed by atoms with E-state index in [1.807, 2.05) is 30.3 Å². The highest BCUT2D eigenvalue weighted by Crippen LogP contribution is 2.10. The summed E-state index contributed by atoms with van der Waals surface area (Å²) in [6.45, 7) is 0.130. The van der Waals surface area contributed by atoms with Crippen LogP contribution in [-0.2, 0) is 29.7 Å². The van der Waals surface area contributed by atoms with E-state index >= 15 is 0 Å². The molecular formula is C16H16N4O4. The smallest absolute Gasteiger partial charge is 0.333 e. The van der Waals surface area contributed by atoms with Gasteiger partial charge in [0.05, 0.1) is 13.4 Å². The molecule has 1 aromatic carbocycles. The maximum absolute atomic E-state index is 12.5. The second kappa shape index (κ2) is 6.15. The van der Waals surface area contributed by atoms with Gasteiger partial charge < -0.3 is 9.30 Å². The van der Waals surface area contributed by atoms with Crippen LogP contribution in [0.1, 0.15) is 5.56 Å². The molecule has 0 amide bonds. The molecule has 24 heavy (non-hydrogen) atoms. The van der Waals surface area contributed by atoms with Gasteiger partial charge in [-0.15, -0.1) is 0 Å². The molecule has 0 bridgehead atoms. The summed E-state index contributed by atoms with van der Waals surface area (Å²) >= 11 is 0. The number of rotatable bonds is 4. The molecule has 0 N–H and O–H groups in total. The Bertz CT molecular complexity index is 1010. The average molecular weight is 328 g/mol. The largest absolute Gasteiger partial charge is 0.468 e. The van der Waals surface area contributed by atoms with Crippen LogP contribution in [0, 0.1) is 0 Å². The van der Waals surface area contributed by atoms with E-state index in [1.54, 1.807) is 4.57 Å². The van der Waals surface area contributed by atoms with Crippen molar-refractivity contribution in [1.82, 2.24) is 18.7 Å². The standard InChI is InChI=1S/C16H16N4O4/c1-18-15(22)13-14(20(16(18)23)9-12(21)24-2)17-10-19(13)8-11-6-4-3-5-7-11/h3-7,10H,8-9H2,1-2H3. The highest BCUT2D eigenvalue weighted by Gasteiger charge is 2.18. The fraction of sp³-hybridized carbons (Fsp3) is 0.250. The van der Waals surface area contributed by atoms with Crippen molar-refractivity contribution in [2.45, 2.75) is 13.1 Å². The number of methoxy groups -OCH3 is 1. The maximum atomic E-state index is 12.5. The molecule has 0 saturated carbocycles. The number of carbonyl (C=O) groups is 1. The van der Waals surface area contributed by atoms with Gasteiger partial charge in [-0.25, -0.2) is 9.78 Å². The van der Waals surface area contributed by atoms with Gasteiger partial charge >= 0.3 is 11.7 Å². The Morgan fingerprint density at radius 3 is 2.58 bits per heavy atom. The molecule has 0 aliphatic rings. The number of hydrogen-bond acceptors (Lipinski definition) is 5. The van der Waals surface area contributed by atoms with Crippen molar-refractivity contribution in [3.63, 3.8) is 0 Å². The molecule has 124 valence electrons. The first kappa shape index (κ1) is 15.7. The summed E-state index contributed by atoms with van der Waals surface area (Å²) in [5.41, 5.74) is 0.367. The summed E-state index contributed by atoms with van der Waals surface area (Å²) < 4.78 is 8.39. The van der Waals surface area contributed by atoms with Crippen LogP contribution >= 0.6 is 0 Å². The van der Waals surface area contributed by atoms with Crippen LogP contribution in [-0.4, -0.2) is 31.8 Å². The van der Waals surface area contributed by atoms with Crippen LogP contribution in [0.4, 0.5) is 0 Å². The minimum atomic E-state index is -0.608. The highest BCUT2D eigenvalue weighted by atomic mass is 16.5. The molecule has 3 aromatic rings. The van der Waals surface area contributed by atoms with Crippen molar-refractivity contribution < 1.29 is 9.53 Å². The fourth-order valence-electron chi connectivity index (χ4n) is 2.54. The number of benzene rings is 1. The number of imidazole rings is 1. The molecule has 0 fully saturated rings. The van der Waals surface area contributed by atoms with E-state index < -0.39 is 17.2 Å². The lowest BCUT2D eigenvalue weighted by molar-refractivity contribution is -0.141. The van der Waals surface area contributed by atoms with E-state index in [2.05, 4.69) is 9.72 Å². The van der Waals surface area contributed by atoms with Crippen molar-refractivity contribution in [3.05, 3.63) is 63.1 Å². The summed E-state index contributed by atoms with van der Waals surface area (Å²) in [5.74, 6) is -0.588. The molecule has 0 aliphatic heterocycles. The van der Waals surface area contributed by atoms with Crippen LogP contribution in [0.3, 0.4) is 0 Å². The van der Waals surface area contributed by atoms with Crippen LogP contribution in [0.15, 0.2) is 46.2 Å². The molecular weight excluding hydrogens is 312 g/mol. The molecule has 0 unspecified atom stereocenters. The third-order valence-corrected chi connectivity index (χ3v) is 3.81. The van der Waals surface area contributed by atoms with Crippen molar-refractivity contribution >= 4 is 17.1 Å². The number of aromatic nitrogens is 4. The number of fused-ring (bicyclic) bond motifs is 1. The first-order valence-electron chi connectivity index (χ1n) is 7.28. The lowest BCUT2D eigenvalue weighted by Gasteiger charge is -2.09. The third-order valence-electron chi connectivity index (χ3n) is 3.81. The molecule has 0 atom stereocenters. The average Bonchev–Trinajstić information content (AvgIpc) is 3.01. The van der Waals surface area contributed by atoms with Crippen molar-refractivity contribution in [3.8, 4) is 0 Å². The van der Waals surface area contributed by atoms with Crippen LogP contribution in [0.25, 0.3) is 11.2 Å². The zero-order chi connectivity index (χ0) is 17.3. The van der Waals surface area contributed by atoms with E-state index in [4.69, 9.17) is 0 Å². The van der Waals surface area contributed by atoms with Crippen LogP contribution < -0.4 is 11.2 Å². The third kappa shape index (κ3) is 2.62. The first-order valence-corrected chi connectivity index (χ1v) is 7.28. The predicted molar refractivity (Wildman–Crippen MR) is 86.8 cm³/mol. The summed E-state index contributed by atoms with van der Waals surface area (Å²) in [7, 11) is 2.61. The monoisotopic (exact) mass is 328 g/mol. The normalized spacial score (nSPS) is 10.9. The minimum Gasteiger partial charge on any atom is -0.468 e. The Labute approximate surface area is 136 Å². The Morgan fingerprint density at radius 2 is 1.92 bits per heavy atom. The minimum absolute atomic E-state index is 0.171. The predicted octanol–water partition coefficient (Wildman–Crippen LogP) is 0.118. The van der Waals surface area contributed by atoms with Gasteiger partial charge in [-0.05, 0) is 5.56 Å². The second-order valence-corrected chi connectivity index (χ2v) is 5.34. The van der Waals surface area contributed by atoms with Gasteiger partial charge in [0.1, 0.15) is 6.54 Å². The molecule has 0 radical (unpaired) electrons. The van der Waals surface area contributed by atoms with Gasteiger partial charge in [0.15, 0.2) is 11.2 Å². The zero-order valence-corrected chi connectivity index (χ0v) is 13.3. The van der Waals surface area contributed by atoms with Gasteiger partial charge in [0, 0.05) is 13.6 Å². The quantitative estimate of drug-likeness (QED) is 0.635. The van der Waals surface area contributed by atoms with Gasteiger partial charge in [-0.3, -0.25) is 18.7 Å². The van der Waals surface area contributed by atoms with Gasteiger partial charge in [0.2, 0.25) is 0 Å². The summed E-state index contributed by atoms with van der Waals surface area (Å²) in [4.78, 5) is 40.5. The van der Waals surface area contributed by atoms with E-state index in [1.165, 1.54) is 20.5 Å². The van der Waals surface area contributed by atoms with Crippen molar-refractivity contribution in [2.75, 3.05) is 7.11 Å². The van der Waals surface area contributed by atoms with Gasteiger partial charge in [-0.2, -0.15) is 0 Å². The zero-order valence-electron chi connectivity index (χ0n) is 13.3. The molecule has 3 rings (SSSR count). The molecule has 2 heterocycles. The Morgan fingerprint density at radius 1 is 1.21 bits per heavy atom. The van der Waals surface area contributed by atoms with E-state index in [-0.39, 0.29) is 17.7 Å². The number of hydrogen-bond donors (Lipinski definition) is 0. The topological polar surface area (TPSA) is 88.1 Å². The van der Waals surface area contributed by atoms with Crippen molar-refractivity contribution in [1.29, 1.82) is 0 Å². The molecule has 0 spiro atoms. The Hall–Kier alpha value is -3.16. The van der Waals surface area contributed by atoms with Crippen LogP contribution in [0.5, 0.6) is 0 Å². The Kier molecular flexibility index (Phi) is 4.03. The molecule has 0 saturated heterocycles. The van der Waals surface area contributed by atoms with Gasteiger partial charge in [-0.1, -0.05) is 30.3 Å². The van der Waals surface area contributed by atoms with Crippen LogP contribution in [0.2, 0.25) is 0 Å². The summed E-state index contributed by atoms with van der Waals surface area (Å²) in [6.07, 6.45) is 1.49. The molecule has 0 aliphatic carbocycles. The first-order chi connectivity index (χ1) is 11.5. The molecule has 8 nitrogen and oxygen atoms in total. The number of ether oxygens (including phenoxy) is 1. The lowest BCUT2D eigenvalue weighted by atomic mass is 10.2. The number of nitrogens with zero attached hydrogens (tertiary/aromatic N) is 4. The molecule has 8 heteroatoms. The summed E-state index contributed by atoms with van der Waals surface area (Å²) in [6, 6.07) is 9.57. The second-order valence-electron chi connectivity index (χ2n) is 5.34. The van der Waals surface area contributed by atoms with E-state index in [0.717, 1.165) is 14.7 Å². The number of carbonyl (C=O) groups excluding carboxylic acids is 1.